The van der Waals surface area contributed by atoms with E-state index in [9.17, 15) is 9.83 Å². The van der Waals surface area contributed by atoms with Gasteiger partial charge in [0.25, 0.3) is 0 Å². The number of nitrogens with zero attached hydrogens (tertiary/aromatic N) is 1. The molecule has 0 N–H and O–H groups in total. The summed E-state index contributed by atoms with van der Waals surface area (Å²) in [7, 11) is -0.778. The molecule has 0 aromatic heterocycles. The van der Waals surface area contributed by atoms with Gasteiger partial charge in [0, 0.05) is 20.1 Å². The third-order valence-corrected chi connectivity index (χ3v) is 5.04. The van der Waals surface area contributed by atoms with Gasteiger partial charge in [-0.3, -0.25) is 4.57 Å². The van der Waals surface area contributed by atoms with Crippen LogP contribution >= 0.6 is 7.60 Å². The van der Waals surface area contributed by atoms with Crippen LogP contribution in [0.15, 0.2) is 30.3 Å². The van der Waals surface area contributed by atoms with Gasteiger partial charge in [0.2, 0.25) is 0 Å². The maximum atomic E-state index is 12.2. The van der Waals surface area contributed by atoms with E-state index in [-0.39, 0.29) is 5.92 Å². The average molecular weight is 253 g/mol. The van der Waals surface area contributed by atoms with Gasteiger partial charge in [-0.25, -0.2) is 0 Å². The van der Waals surface area contributed by atoms with Gasteiger partial charge in [-0.15, -0.1) is 0 Å². The van der Waals surface area contributed by atoms with E-state index in [4.69, 9.17) is 9.05 Å². The molecule has 0 amide bonds. The number of rotatable bonds is 5. The molecule has 17 heavy (non-hydrogen) atoms. The van der Waals surface area contributed by atoms with Gasteiger partial charge in [-0.1, -0.05) is 37.3 Å². The average Bonchev–Trinajstić information content (AvgIpc) is 2.40. The summed E-state index contributed by atoms with van der Waals surface area (Å²) in [6, 6.07) is 11.5. The van der Waals surface area contributed by atoms with E-state index < -0.39 is 13.3 Å². The highest BCUT2D eigenvalue weighted by atomic mass is 31.2. The minimum absolute atomic E-state index is 0.216. The van der Waals surface area contributed by atoms with Gasteiger partial charge in [-0.2, -0.15) is 5.26 Å². The van der Waals surface area contributed by atoms with Gasteiger partial charge in [0.05, 0.1) is 6.07 Å². The van der Waals surface area contributed by atoms with Gasteiger partial charge < -0.3 is 9.05 Å². The zero-order valence-electron chi connectivity index (χ0n) is 10.2. The molecule has 0 aliphatic rings. The summed E-state index contributed by atoms with van der Waals surface area (Å²) in [5.74, 6) is -0.216. The Balaban J connectivity index is 3.05. The summed E-state index contributed by atoms with van der Waals surface area (Å²) in [5, 5.41) is 9.17. The van der Waals surface area contributed by atoms with Crippen LogP contribution < -0.4 is 0 Å². The second-order valence-corrected chi connectivity index (χ2v) is 6.04. The van der Waals surface area contributed by atoms with Crippen molar-refractivity contribution < 1.29 is 13.6 Å². The minimum atomic E-state index is -3.37. The van der Waals surface area contributed by atoms with Crippen molar-refractivity contribution in [3.05, 3.63) is 35.9 Å². The Kier molecular flexibility index (Phi) is 4.89. The van der Waals surface area contributed by atoms with E-state index in [1.165, 1.54) is 14.2 Å². The van der Waals surface area contributed by atoms with Crippen molar-refractivity contribution in [2.75, 3.05) is 14.2 Å². The normalized spacial score (nSPS) is 14.9. The maximum Gasteiger partial charge on any atom is 0.347 e. The first-order chi connectivity index (χ1) is 8.09. The van der Waals surface area contributed by atoms with Crippen LogP contribution in [-0.4, -0.2) is 19.9 Å². The summed E-state index contributed by atoms with van der Waals surface area (Å²) in [4.78, 5) is 0. The van der Waals surface area contributed by atoms with Gasteiger partial charge >= 0.3 is 7.60 Å². The topological polar surface area (TPSA) is 59.3 Å². The smallest absolute Gasteiger partial charge is 0.311 e. The Morgan fingerprint density at radius 3 is 2.18 bits per heavy atom. The van der Waals surface area contributed by atoms with Crippen LogP contribution in [0.4, 0.5) is 0 Å². The zero-order valence-corrected chi connectivity index (χ0v) is 11.1. The predicted molar refractivity (Wildman–Crippen MR) is 65.9 cm³/mol. The third kappa shape index (κ3) is 2.95. The molecular formula is C12H16NO3P. The Labute approximate surface area is 102 Å². The van der Waals surface area contributed by atoms with E-state index in [1.807, 2.05) is 43.3 Å². The van der Waals surface area contributed by atoms with Crippen LogP contribution in [0.1, 0.15) is 18.4 Å². The molecule has 0 radical (unpaired) electrons. The molecule has 0 bridgehead atoms. The standard InChI is InChI=1S/C12H16NO3P/c1-10(11-7-5-4-6-8-11)12(9-13)17(14,15-2)16-3/h4-8,10,12H,1-3H3. The lowest BCUT2D eigenvalue weighted by Crippen LogP contribution is -2.17. The molecule has 5 heteroatoms. The summed E-state index contributed by atoms with van der Waals surface area (Å²) in [5.41, 5.74) is 0.133. The summed E-state index contributed by atoms with van der Waals surface area (Å²) in [6.07, 6.45) is 0. The van der Waals surface area contributed by atoms with Crippen LogP contribution in [0.5, 0.6) is 0 Å². The Bertz CT molecular complexity index is 433. The Morgan fingerprint density at radius 1 is 1.24 bits per heavy atom. The molecule has 1 rings (SSSR count). The quantitative estimate of drug-likeness (QED) is 0.756. The first-order valence-corrected chi connectivity index (χ1v) is 6.86. The van der Waals surface area contributed by atoms with Crippen LogP contribution in [0.2, 0.25) is 0 Å². The minimum Gasteiger partial charge on any atom is -0.311 e. The molecule has 0 spiro atoms. The monoisotopic (exact) mass is 253 g/mol. The maximum absolute atomic E-state index is 12.2. The van der Waals surface area contributed by atoms with Crippen LogP contribution in [0.3, 0.4) is 0 Å². The zero-order chi connectivity index (χ0) is 12.9. The molecule has 4 nitrogen and oxygen atoms in total. The summed E-state index contributed by atoms with van der Waals surface area (Å²) >= 11 is 0. The fraction of sp³-hybridized carbons (Fsp3) is 0.417. The molecule has 2 atom stereocenters. The van der Waals surface area contributed by atoms with Gasteiger partial charge in [0.1, 0.15) is 0 Å². The second kappa shape index (κ2) is 5.97. The van der Waals surface area contributed by atoms with Gasteiger partial charge in [-0.05, 0) is 5.56 Å². The molecular weight excluding hydrogens is 237 g/mol. The molecule has 0 saturated carbocycles. The fourth-order valence-electron chi connectivity index (χ4n) is 1.70. The molecule has 2 unspecified atom stereocenters. The van der Waals surface area contributed by atoms with Crippen molar-refractivity contribution >= 4 is 7.60 Å². The highest BCUT2D eigenvalue weighted by molar-refractivity contribution is 7.55. The number of hydrogen-bond donors (Lipinski definition) is 0. The number of nitriles is 1. The molecule has 0 fully saturated rings. The number of hydrogen-bond acceptors (Lipinski definition) is 4. The van der Waals surface area contributed by atoms with Crippen LogP contribution in [-0.2, 0) is 13.6 Å². The van der Waals surface area contributed by atoms with E-state index >= 15 is 0 Å². The Morgan fingerprint density at radius 2 is 1.76 bits per heavy atom. The lowest BCUT2D eigenvalue weighted by atomic mass is 9.98. The van der Waals surface area contributed by atoms with E-state index in [0.717, 1.165) is 5.56 Å². The molecule has 0 aliphatic carbocycles. The Hall–Kier alpha value is -1.14. The van der Waals surface area contributed by atoms with Crippen molar-refractivity contribution in [2.45, 2.75) is 18.5 Å². The van der Waals surface area contributed by atoms with Crippen molar-refractivity contribution in [3.63, 3.8) is 0 Å². The van der Waals surface area contributed by atoms with Crippen LogP contribution in [0, 0.1) is 11.3 Å². The van der Waals surface area contributed by atoms with Crippen molar-refractivity contribution in [1.82, 2.24) is 0 Å². The molecule has 0 saturated heterocycles. The SMILES string of the molecule is COP(=O)(OC)C(C#N)C(C)c1ccccc1. The molecule has 1 aromatic carbocycles. The fourth-order valence-corrected chi connectivity index (χ4v) is 3.16. The lowest BCUT2D eigenvalue weighted by molar-refractivity contribution is 0.267. The largest absolute Gasteiger partial charge is 0.347 e. The highest BCUT2D eigenvalue weighted by Gasteiger charge is 2.38. The highest BCUT2D eigenvalue weighted by Crippen LogP contribution is 2.55. The summed E-state index contributed by atoms with van der Waals surface area (Å²) in [6.45, 7) is 1.84. The first kappa shape index (κ1) is 13.9. The summed E-state index contributed by atoms with van der Waals surface area (Å²) < 4.78 is 22.0. The van der Waals surface area contributed by atoms with Gasteiger partial charge in [0.15, 0.2) is 5.66 Å². The van der Waals surface area contributed by atoms with Crippen molar-refractivity contribution in [3.8, 4) is 6.07 Å². The molecule has 1 aromatic rings. The molecule has 0 aliphatic heterocycles. The first-order valence-electron chi connectivity index (χ1n) is 5.24. The number of benzene rings is 1. The van der Waals surface area contributed by atoms with E-state index in [2.05, 4.69) is 0 Å². The van der Waals surface area contributed by atoms with Crippen molar-refractivity contribution in [2.24, 2.45) is 0 Å². The van der Waals surface area contributed by atoms with E-state index in [1.54, 1.807) is 0 Å². The molecule has 0 heterocycles. The lowest BCUT2D eigenvalue weighted by Gasteiger charge is -2.24. The third-order valence-electron chi connectivity index (χ3n) is 2.78. The van der Waals surface area contributed by atoms with Crippen LogP contribution in [0.25, 0.3) is 0 Å². The van der Waals surface area contributed by atoms with Crippen molar-refractivity contribution in [1.29, 1.82) is 5.26 Å². The predicted octanol–water partition coefficient (Wildman–Crippen LogP) is 3.17. The van der Waals surface area contributed by atoms with E-state index in [0.29, 0.717) is 0 Å². The second-order valence-electron chi connectivity index (χ2n) is 3.68. The molecule has 92 valence electrons.